The summed E-state index contributed by atoms with van der Waals surface area (Å²) in [5.74, 6) is 0.408. The molecule has 0 atom stereocenters. The van der Waals surface area contributed by atoms with Crippen LogP contribution < -0.4 is 10.7 Å². The SMILES string of the molecule is CC/N=c1/cc2oc3cc(NCC)c(C)cc3c(-c3ccccc3C(=O)OCC)c-2cc1C.CO.Cl. The molecule has 0 amide bonds. The highest BCUT2D eigenvalue weighted by Gasteiger charge is 2.23. The average molecular weight is 511 g/mol. The lowest BCUT2D eigenvalue weighted by molar-refractivity contribution is 0.0527. The molecular formula is C29H35ClN2O4. The summed E-state index contributed by atoms with van der Waals surface area (Å²) >= 11 is 0. The number of rotatable bonds is 6. The quantitative estimate of drug-likeness (QED) is 0.232. The normalized spacial score (nSPS) is 11.0. The van der Waals surface area contributed by atoms with Crippen LogP contribution in [-0.2, 0) is 4.74 Å². The molecule has 1 aliphatic heterocycles. The van der Waals surface area contributed by atoms with Crippen LogP contribution in [0.3, 0.4) is 0 Å². The lowest BCUT2D eigenvalue weighted by atomic mass is 9.89. The molecular weight excluding hydrogens is 476 g/mol. The number of aryl methyl sites for hydroxylation is 2. The first-order chi connectivity index (χ1) is 17.0. The fourth-order valence-corrected chi connectivity index (χ4v) is 4.29. The molecule has 2 aliphatic rings. The summed E-state index contributed by atoms with van der Waals surface area (Å²) in [7, 11) is 1.00. The Kier molecular flexibility index (Phi) is 10.5. The van der Waals surface area contributed by atoms with Gasteiger partial charge in [-0.1, -0.05) is 18.2 Å². The van der Waals surface area contributed by atoms with Gasteiger partial charge in [-0.15, -0.1) is 12.4 Å². The number of nitrogens with zero attached hydrogens (tertiary/aromatic N) is 1. The van der Waals surface area contributed by atoms with Crippen LogP contribution in [0.5, 0.6) is 0 Å². The number of aliphatic hydroxyl groups excluding tert-OH is 1. The van der Waals surface area contributed by atoms with E-state index in [1.807, 2.05) is 50.2 Å². The summed E-state index contributed by atoms with van der Waals surface area (Å²) < 4.78 is 11.8. The van der Waals surface area contributed by atoms with E-state index in [9.17, 15) is 4.79 Å². The van der Waals surface area contributed by atoms with Crippen LogP contribution in [0.25, 0.3) is 33.4 Å². The fraction of sp³-hybridized carbons (Fsp3) is 0.310. The Balaban J connectivity index is 0.00000148. The zero-order chi connectivity index (χ0) is 25.5. The molecule has 0 aromatic heterocycles. The Labute approximate surface area is 218 Å². The molecule has 2 aromatic rings. The van der Waals surface area contributed by atoms with Gasteiger partial charge in [0.15, 0.2) is 0 Å². The van der Waals surface area contributed by atoms with Crippen LogP contribution in [0.1, 0.15) is 42.3 Å². The molecule has 2 N–H and O–H groups in total. The maximum Gasteiger partial charge on any atom is 0.338 e. The zero-order valence-electron chi connectivity index (χ0n) is 21.8. The topological polar surface area (TPSA) is 84.1 Å². The number of ether oxygens (including phenoxy) is 1. The van der Waals surface area contributed by atoms with Crippen LogP contribution in [-0.4, -0.2) is 37.9 Å². The highest BCUT2D eigenvalue weighted by molar-refractivity contribution is 6.08. The first-order valence-corrected chi connectivity index (χ1v) is 12.0. The van der Waals surface area contributed by atoms with Gasteiger partial charge in [-0.25, -0.2) is 4.79 Å². The lowest BCUT2D eigenvalue weighted by Crippen LogP contribution is -2.10. The van der Waals surface area contributed by atoms with Crippen molar-refractivity contribution in [3.05, 3.63) is 70.6 Å². The van der Waals surface area contributed by atoms with Crippen molar-refractivity contribution in [3.8, 4) is 22.5 Å². The number of fused-ring (bicyclic) bond motifs is 2. The largest absolute Gasteiger partial charge is 0.462 e. The number of carbonyl (C=O) groups is 1. The molecule has 36 heavy (non-hydrogen) atoms. The second-order valence-corrected chi connectivity index (χ2v) is 8.05. The molecule has 4 rings (SSSR count). The molecule has 6 nitrogen and oxygen atoms in total. The van der Waals surface area contributed by atoms with Crippen molar-refractivity contribution >= 4 is 35.0 Å². The highest BCUT2D eigenvalue weighted by Crippen LogP contribution is 2.43. The van der Waals surface area contributed by atoms with Gasteiger partial charge in [-0.2, -0.15) is 0 Å². The van der Waals surface area contributed by atoms with Gasteiger partial charge in [0, 0.05) is 54.5 Å². The smallest absolute Gasteiger partial charge is 0.338 e. The number of benzene rings is 3. The molecule has 0 unspecified atom stereocenters. The van der Waals surface area contributed by atoms with E-state index < -0.39 is 0 Å². The molecule has 0 saturated heterocycles. The van der Waals surface area contributed by atoms with Crippen LogP contribution >= 0.6 is 12.4 Å². The van der Waals surface area contributed by atoms with Gasteiger partial charge in [0.2, 0.25) is 0 Å². The van der Waals surface area contributed by atoms with E-state index in [1.165, 1.54) is 0 Å². The molecule has 7 heteroatoms. The van der Waals surface area contributed by atoms with Crippen LogP contribution in [0.4, 0.5) is 5.69 Å². The number of carbonyl (C=O) groups excluding carboxylic acids is 1. The van der Waals surface area contributed by atoms with Gasteiger partial charge in [0.1, 0.15) is 11.3 Å². The molecule has 1 heterocycles. The van der Waals surface area contributed by atoms with Gasteiger partial charge in [0.25, 0.3) is 0 Å². The molecule has 1 aliphatic carbocycles. The van der Waals surface area contributed by atoms with E-state index in [0.717, 1.165) is 69.2 Å². The zero-order valence-corrected chi connectivity index (χ0v) is 22.6. The summed E-state index contributed by atoms with van der Waals surface area (Å²) in [5, 5.41) is 12.3. The fourth-order valence-electron chi connectivity index (χ4n) is 4.29. The van der Waals surface area contributed by atoms with E-state index in [2.05, 4.69) is 43.2 Å². The minimum absolute atomic E-state index is 0. The number of nitrogens with one attached hydrogen (secondary N) is 1. The average Bonchev–Trinajstić information content (AvgIpc) is 2.86. The molecule has 0 saturated carbocycles. The molecule has 0 bridgehead atoms. The van der Waals surface area contributed by atoms with Crippen molar-refractivity contribution in [1.82, 2.24) is 0 Å². The van der Waals surface area contributed by atoms with Crippen molar-refractivity contribution in [2.24, 2.45) is 4.99 Å². The second kappa shape index (κ2) is 13.1. The number of halogens is 1. The predicted octanol–water partition coefficient (Wildman–Crippen LogP) is 6.38. The Morgan fingerprint density at radius 3 is 2.39 bits per heavy atom. The number of hydrogen-bond donors (Lipinski definition) is 2. The van der Waals surface area contributed by atoms with Gasteiger partial charge in [-0.05, 0) is 69.5 Å². The van der Waals surface area contributed by atoms with Crippen LogP contribution in [0.2, 0.25) is 0 Å². The summed E-state index contributed by atoms with van der Waals surface area (Å²) in [5.41, 5.74) is 7.25. The Bertz CT molecular complexity index is 1380. The van der Waals surface area contributed by atoms with Crippen LogP contribution in [0, 0.1) is 13.8 Å². The summed E-state index contributed by atoms with van der Waals surface area (Å²) in [6, 6.07) is 15.9. The second-order valence-electron chi connectivity index (χ2n) is 8.05. The number of anilines is 1. The van der Waals surface area contributed by atoms with Gasteiger partial charge < -0.3 is 19.6 Å². The molecule has 0 fully saturated rings. The Morgan fingerprint density at radius 2 is 1.72 bits per heavy atom. The maximum atomic E-state index is 12.9. The van der Waals surface area contributed by atoms with E-state index in [4.69, 9.17) is 14.3 Å². The summed E-state index contributed by atoms with van der Waals surface area (Å²) in [6.07, 6.45) is 0. The predicted molar refractivity (Wildman–Crippen MR) is 149 cm³/mol. The van der Waals surface area contributed by atoms with Crippen molar-refractivity contribution in [1.29, 1.82) is 0 Å². The molecule has 0 radical (unpaired) electrons. The number of aliphatic hydroxyl groups is 1. The monoisotopic (exact) mass is 510 g/mol. The standard InChI is InChI=1S/C28H30N2O3.CH4O.ClH/c1-6-29-23-15-25-21(13-17(23)4)27(19-11-9-10-12-20(19)28(31)32-8-3)22-14-18(5)24(30-7-2)16-26(22)33-25;1-2;/h9-16,29H,6-8H2,1-5H3;2H,1H3;1H/b30-24-;;. The van der Waals surface area contributed by atoms with E-state index in [1.54, 1.807) is 0 Å². The van der Waals surface area contributed by atoms with Crippen molar-refractivity contribution < 1.29 is 19.1 Å². The minimum atomic E-state index is -0.328. The minimum Gasteiger partial charge on any atom is -0.462 e. The third-order valence-electron chi connectivity index (χ3n) is 5.77. The lowest BCUT2D eigenvalue weighted by Gasteiger charge is -2.19. The Hall–Kier alpha value is -3.35. The first kappa shape index (κ1) is 28.9. The Morgan fingerprint density at radius 1 is 1.00 bits per heavy atom. The molecule has 2 aromatic carbocycles. The highest BCUT2D eigenvalue weighted by atomic mass is 35.5. The summed E-state index contributed by atoms with van der Waals surface area (Å²) in [6.45, 7) is 11.9. The number of esters is 1. The van der Waals surface area contributed by atoms with Gasteiger partial charge in [-0.3, -0.25) is 4.99 Å². The first-order valence-electron chi connectivity index (χ1n) is 12.0. The van der Waals surface area contributed by atoms with Crippen molar-refractivity contribution in [2.45, 2.75) is 34.6 Å². The van der Waals surface area contributed by atoms with Crippen LogP contribution in [0.15, 0.2) is 57.9 Å². The van der Waals surface area contributed by atoms with Crippen molar-refractivity contribution in [3.63, 3.8) is 0 Å². The van der Waals surface area contributed by atoms with E-state index in [0.29, 0.717) is 18.7 Å². The third kappa shape index (κ3) is 5.72. The maximum absolute atomic E-state index is 12.9. The van der Waals surface area contributed by atoms with E-state index in [-0.39, 0.29) is 18.4 Å². The van der Waals surface area contributed by atoms with Crippen molar-refractivity contribution in [2.75, 3.05) is 32.1 Å². The third-order valence-corrected chi connectivity index (χ3v) is 5.77. The number of hydrogen-bond acceptors (Lipinski definition) is 6. The van der Waals surface area contributed by atoms with Gasteiger partial charge in [0.05, 0.1) is 17.5 Å². The summed E-state index contributed by atoms with van der Waals surface area (Å²) in [4.78, 5) is 17.5. The van der Waals surface area contributed by atoms with Gasteiger partial charge >= 0.3 is 5.97 Å². The molecule has 192 valence electrons. The van der Waals surface area contributed by atoms with E-state index >= 15 is 0 Å². The molecule has 0 spiro atoms.